The van der Waals surface area contributed by atoms with Crippen molar-refractivity contribution in [3.05, 3.63) is 48.0 Å². The highest BCUT2D eigenvalue weighted by molar-refractivity contribution is 7.99. The van der Waals surface area contributed by atoms with E-state index in [9.17, 15) is 13.6 Å². The lowest BCUT2D eigenvalue weighted by Gasteiger charge is -2.33. The van der Waals surface area contributed by atoms with E-state index < -0.39 is 5.76 Å². The Labute approximate surface area is 184 Å². The van der Waals surface area contributed by atoms with Crippen LogP contribution in [0, 0.1) is 0 Å². The summed E-state index contributed by atoms with van der Waals surface area (Å²) in [6.45, 7) is 5.83. The number of nitrogens with one attached hydrogen (secondary N) is 1. The van der Waals surface area contributed by atoms with E-state index in [4.69, 9.17) is 9.47 Å². The summed E-state index contributed by atoms with van der Waals surface area (Å²) in [5.74, 6) is -2.76. The molecule has 2 aromatic carbocycles. The fraction of sp³-hybridized carbons (Fsp3) is 0.409. The Bertz CT molecular complexity index is 886. The van der Waals surface area contributed by atoms with Gasteiger partial charge in [0, 0.05) is 42.3 Å². The SMILES string of the molecule is O=C(Nc1ccc(N2CCOCC2)cc1N1CCOCC1)c1ccc(SC(F)F)cc1. The van der Waals surface area contributed by atoms with Gasteiger partial charge in [-0.05, 0) is 42.5 Å². The topological polar surface area (TPSA) is 54.0 Å². The maximum atomic E-state index is 12.8. The first kappa shape index (κ1) is 21.9. The van der Waals surface area contributed by atoms with Crippen LogP contribution in [0.2, 0.25) is 0 Å². The zero-order valence-electron chi connectivity index (χ0n) is 17.1. The van der Waals surface area contributed by atoms with E-state index in [0.717, 1.165) is 43.2 Å². The normalized spacial score (nSPS) is 17.1. The number of thioether (sulfide) groups is 1. The molecule has 0 unspecified atom stereocenters. The number of alkyl halides is 2. The molecule has 1 N–H and O–H groups in total. The van der Waals surface area contributed by atoms with E-state index >= 15 is 0 Å². The number of nitrogens with zero attached hydrogens (tertiary/aromatic N) is 2. The standard InChI is InChI=1S/C22H25F2N3O3S/c23-22(24)31-18-4-1-16(2-5-18)21(28)25-19-6-3-17(26-7-11-29-12-8-26)15-20(19)27-9-13-30-14-10-27/h1-6,15,22H,7-14H2,(H,25,28). The Morgan fingerprint density at radius 2 is 1.52 bits per heavy atom. The third-order valence-corrected chi connectivity index (χ3v) is 6.02. The monoisotopic (exact) mass is 449 g/mol. The van der Waals surface area contributed by atoms with E-state index in [-0.39, 0.29) is 5.91 Å². The van der Waals surface area contributed by atoms with Gasteiger partial charge in [-0.25, -0.2) is 0 Å². The van der Waals surface area contributed by atoms with Crippen LogP contribution in [0.5, 0.6) is 0 Å². The Morgan fingerprint density at radius 1 is 0.903 bits per heavy atom. The number of amides is 1. The van der Waals surface area contributed by atoms with Gasteiger partial charge in [0.1, 0.15) is 0 Å². The number of carbonyl (C=O) groups is 1. The highest BCUT2D eigenvalue weighted by Gasteiger charge is 2.20. The van der Waals surface area contributed by atoms with Crippen LogP contribution in [0.3, 0.4) is 0 Å². The van der Waals surface area contributed by atoms with E-state index in [0.29, 0.717) is 48.6 Å². The molecule has 0 atom stereocenters. The predicted octanol–water partition coefficient (Wildman–Crippen LogP) is 3.93. The zero-order chi connectivity index (χ0) is 21.6. The molecule has 166 valence electrons. The van der Waals surface area contributed by atoms with Crippen molar-refractivity contribution < 1.29 is 23.0 Å². The quantitative estimate of drug-likeness (QED) is 0.675. The molecule has 0 aliphatic carbocycles. The number of hydrogen-bond acceptors (Lipinski definition) is 6. The zero-order valence-corrected chi connectivity index (χ0v) is 17.9. The fourth-order valence-corrected chi connectivity index (χ4v) is 4.19. The van der Waals surface area contributed by atoms with Crippen LogP contribution in [-0.4, -0.2) is 64.3 Å². The van der Waals surface area contributed by atoms with Crippen molar-refractivity contribution in [2.75, 3.05) is 67.7 Å². The molecular formula is C22H25F2N3O3S. The van der Waals surface area contributed by atoms with Crippen LogP contribution < -0.4 is 15.1 Å². The lowest BCUT2D eigenvalue weighted by atomic mass is 10.1. The molecule has 4 rings (SSSR count). The first-order valence-electron chi connectivity index (χ1n) is 10.3. The van der Waals surface area contributed by atoms with Crippen molar-refractivity contribution in [2.24, 2.45) is 0 Å². The van der Waals surface area contributed by atoms with Gasteiger partial charge >= 0.3 is 0 Å². The first-order chi connectivity index (χ1) is 15.1. The van der Waals surface area contributed by atoms with Crippen LogP contribution in [0.25, 0.3) is 0 Å². The maximum Gasteiger partial charge on any atom is 0.288 e. The van der Waals surface area contributed by atoms with Crippen LogP contribution in [0.1, 0.15) is 10.4 Å². The predicted molar refractivity (Wildman–Crippen MR) is 119 cm³/mol. The molecule has 0 bridgehead atoms. The second-order valence-corrected chi connectivity index (χ2v) is 8.32. The summed E-state index contributed by atoms with van der Waals surface area (Å²) in [5.41, 5.74) is 3.18. The van der Waals surface area contributed by atoms with Gasteiger partial charge in [-0.3, -0.25) is 4.79 Å². The molecule has 0 saturated carbocycles. The van der Waals surface area contributed by atoms with Gasteiger partial charge < -0.3 is 24.6 Å². The second-order valence-electron chi connectivity index (χ2n) is 7.26. The van der Waals surface area contributed by atoms with Crippen LogP contribution in [0.4, 0.5) is 25.8 Å². The minimum absolute atomic E-state index is 0.276. The van der Waals surface area contributed by atoms with Crippen molar-refractivity contribution in [1.82, 2.24) is 0 Å². The Balaban J connectivity index is 1.55. The number of benzene rings is 2. The van der Waals surface area contributed by atoms with E-state index in [1.165, 1.54) is 12.1 Å². The Morgan fingerprint density at radius 3 is 2.13 bits per heavy atom. The molecule has 0 aromatic heterocycles. The van der Waals surface area contributed by atoms with E-state index in [1.807, 2.05) is 12.1 Å². The highest BCUT2D eigenvalue weighted by Crippen LogP contribution is 2.33. The molecular weight excluding hydrogens is 424 g/mol. The van der Waals surface area contributed by atoms with Crippen LogP contribution >= 0.6 is 11.8 Å². The lowest BCUT2D eigenvalue weighted by Crippen LogP contribution is -2.38. The minimum atomic E-state index is -2.49. The highest BCUT2D eigenvalue weighted by atomic mass is 32.2. The minimum Gasteiger partial charge on any atom is -0.378 e. The maximum absolute atomic E-state index is 12.8. The average Bonchev–Trinajstić information content (AvgIpc) is 2.80. The van der Waals surface area contributed by atoms with E-state index in [2.05, 4.69) is 21.2 Å². The number of carbonyl (C=O) groups excluding carboxylic acids is 1. The number of ether oxygens (including phenoxy) is 2. The number of anilines is 3. The molecule has 0 radical (unpaired) electrons. The van der Waals surface area contributed by atoms with Gasteiger partial charge in [0.05, 0.1) is 37.8 Å². The van der Waals surface area contributed by atoms with E-state index in [1.54, 1.807) is 12.1 Å². The van der Waals surface area contributed by atoms with Gasteiger partial charge in [-0.2, -0.15) is 8.78 Å². The van der Waals surface area contributed by atoms with Gasteiger partial charge in [0.25, 0.3) is 11.7 Å². The van der Waals surface area contributed by atoms with Gasteiger partial charge in [-0.15, -0.1) is 0 Å². The molecule has 31 heavy (non-hydrogen) atoms. The molecule has 2 aromatic rings. The third kappa shape index (κ3) is 5.66. The summed E-state index contributed by atoms with van der Waals surface area (Å²) in [5, 5.41) is 2.99. The summed E-state index contributed by atoms with van der Waals surface area (Å²) in [6, 6.07) is 12.2. The number of halogens is 2. The summed E-state index contributed by atoms with van der Waals surface area (Å²) >= 11 is 0.462. The molecule has 2 aliphatic heterocycles. The van der Waals surface area contributed by atoms with Crippen molar-refractivity contribution in [3.63, 3.8) is 0 Å². The second kappa shape index (κ2) is 10.3. The number of rotatable bonds is 6. The molecule has 2 aliphatic rings. The largest absolute Gasteiger partial charge is 0.378 e. The van der Waals surface area contributed by atoms with Gasteiger partial charge in [0.2, 0.25) is 0 Å². The number of morpholine rings is 2. The van der Waals surface area contributed by atoms with Crippen molar-refractivity contribution in [3.8, 4) is 0 Å². The van der Waals surface area contributed by atoms with Crippen molar-refractivity contribution in [2.45, 2.75) is 10.7 Å². The van der Waals surface area contributed by atoms with Gasteiger partial charge in [-0.1, -0.05) is 11.8 Å². The molecule has 2 fully saturated rings. The molecule has 6 nitrogen and oxygen atoms in total. The van der Waals surface area contributed by atoms with Crippen molar-refractivity contribution in [1.29, 1.82) is 0 Å². The molecule has 1 amide bonds. The fourth-order valence-electron chi connectivity index (χ4n) is 3.69. The summed E-state index contributed by atoms with van der Waals surface area (Å²) < 4.78 is 36.0. The number of hydrogen-bond donors (Lipinski definition) is 1. The molecule has 2 saturated heterocycles. The molecule has 2 heterocycles. The lowest BCUT2D eigenvalue weighted by molar-refractivity contribution is 0.102. The average molecular weight is 450 g/mol. The van der Waals surface area contributed by atoms with Crippen LogP contribution in [-0.2, 0) is 9.47 Å². The summed E-state index contributed by atoms with van der Waals surface area (Å²) in [4.78, 5) is 17.7. The first-order valence-corrected chi connectivity index (χ1v) is 11.1. The van der Waals surface area contributed by atoms with Gasteiger partial charge in [0.15, 0.2) is 0 Å². The Hall–Kier alpha value is -2.36. The third-order valence-electron chi connectivity index (χ3n) is 5.30. The van der Waals surface area contributed by atoms with Crippen LogP contribution in [0.15, 0.2) is 47.4 Å². The Kier molecular flexibility index (Phi) is 7.26. The molecule has 0 spiro atoms. The smallest absolute Gasteiger partial charge is 0.288 e. The summed E-state index contributed by atoms with van der Waals surface area (Å²) in [7, 11) is 0. The van der Waals surface area contributed by atoms with Crippen molar-refractivity contribution >= 4 is 34.7 Å². The summed E-state index contributed by atoms with van der Waals surface area (Å²) in [6.07, 6.45) is 0. The molecule has 9 heteroatoms.